The first kappa shape index (κ1) is 18.9. The van der Waals surface area contributed by atoms with Gasteiger partial charge in [0.1, 0.15) is 6.04 Å². The first-order chi connectivity index (χ1) is 12.5. The zero-order valence-corrected chi connectivity index (χ0v) is 16.2. The van der Waals surface area contributed by atoms with Crippen molar-refractivity contribution in [2.45, 2.75) is 70.9 Å². The summed E-state index contributed by atoms with van der Waals surface area (Å²) in [5.74, 6) is -0.340. The van der Waals surface area contributed by atoms with Gasteiger partial charge in [0.05, 0.1) is 13.2 Å². The Morgan fingerprint density at radius 2 is 1.73 bits per heavy atom. The molecule has 2 atom stereocenters. The molecule has 0 bridgehead atoms. The molecule has 0 N–H and O–H groups in total. The van der Waals surface area contributed by atoms with Gasteiger partial charge in [-0.15, -0.1) is 0 Å². The van der Waals surface area contributed by atoms with Gasteiger partial charge >= 0.3 is 5.97 Å². The molecule has 1 saturated carbocycles. The van der Waals surface area contributed by atoms with Gasteiger partial charge in [-0.05, 0) is 31.2 Å². The Hall–Kier alpha value is -1.84. The van der Waals surface area contributed by atoms with Crippen molar-refractivity contribution in [3.8, 4) is 0 Å². The Kier molecular flexibility index (Phi) is 5.69. The predicted octanol–water partition coefficient (Wildman–Crippen LogP) is 4.50. The van der Waals surface area contributed by atoms with Gasteiger partial charge in [-0.25, -0.2) is 4.79 Å². The first-order valence-corrected chi connectivity index (χ1v) is 9.95. The number of carbonyl (C=O) groups excluding carboxylic acids is 2. The minimum Gasteiger partial charge on any atom is -0.467 e. The van der Waals surface area contributed by atoms with Gasteiger partial charge in [-0.1, -0.05) is 63.4 Å². The number of likely N-dealkylation sites (tertiary alicyclic amines) is 1. The van der Waals surface area contributed by atoms with Crippen LogP contribution in [0, 0.1) is 11.3 Å². The lowest BCUT2D eigenvalue weighted by atomic mass is 9.62. The SMILES string of the molecule is COC(=O)[C@@H]1N(C(=O)C(C)C)[C@@H](c2ccccc2)CCC12CCCCC2. The fraction of sp³-hybridized carbons (Fsp3) is 0.636. The van der Waals surface area contributed by atoms with Crippen LogP contribution in [-0.4, -0.2) is 29.9 Å². The summed E-state index contributed by atoms with van der Waals surface area (Å²) in [6.07, 6.45) is 7.40. The van der Waals surface area contributed by atoms with Crippen LogP contribution in [0.1, 0.15) is 70.4 Å². The summed E-state index contributed by atoms with van der Waals surface area (Å²) in [5, 5.41) is 0. The third-order valence-electron chi connectivity index (χ3n) is 6.32. The van der Waals surface area contributed by atoms with E-state index in [1.54, 1.807) is 0 Å². The molecule has 1 saturated heterocycles. The Morgan fingerprint density at radius 1 is 1.08 bits per heavy atom. The van der Waals surface area contributed by atoms with E-state index < -0.39 is 6.04 Å². The molecule has 142 valence electrons. The van der Waals surface area contributed by atoms with E-state index in [-0.39, 0.29) is 29.3 Å². The van der Waals surface area contributed by atoms with E-state index in [1.165, 1.54) is 13.5 Å². The van der Waals surface area contributed by atoms with E-state index in [0.29, 0.717) is 0 Å². The quantitative estimate of drug-likeness (QED) is 0.748. The molecule has 0 unspecified atom stereocenters. The van der Waals surface area contributed by atoms with E-state index in [0.717, 1.165) is 44.1 Å². The topological polar surface area (TPSA) is 46.6 Å². The van der Waals surface area contributed by atoms with Crippen molar-refractivity contribution in [3.63, 3.8) is 0 Å². The minimum absolute atomic E-state index is 0.0530. The summed E-state index contributed by atoms with van der Waals surface area (Å²) in [6.45, 7) is 3.84. The second-order valence-corrected chi connectivity index (χ2v) is 8.21. The number of hydrogen-bond donors (Lipinski definition) is 0. The molecule has 1 aromatic carbocycles. The average molecular weight is 357 g/mol. The van der Waals surface area contributed by atoms with Crippen molar-refractivity contribution in [3.05, 3.63) is 35.9 Å². The number of ether oxygens (including phenoxy) is 1. The highest BCUT2D eigenvalue weighted by Gasteiger charge is 2.54. The van der Waals surface area contributed by atoms with E-state index in [2.05, 4.69) is 12.1 Å². The largest absolute Gasteiger partial charge is 0.467 e. The molecule has 0 aromatic heterocycles. The molecule has 1 aliphatic heterocycles. The summed E-state index contributed by atoms with van der Waals surface area (Å²) in [7, 11) is 1.45. The highest BCUT2D eigenvalue weighted by Crippen LogP contribution is 2.52. The molecular weight excluding hydrogens is 326 g/mol. The second-order valence-electron chi connectivity index (χ2n) is 8.21. The zero-order valence-electron chi connectivity index (χ0n) is 16.2. The average Bonchev–Trinajstić information content (AvgIpc) is 2.67. The number of nitrogens with zero attached hydrogens (tertiary/aromatic N) is 1. The predicted molar refractivity (Wildman–Crippen MR) is 101 cm³/mol. The molecule has 1 heterocycles. The van der Waals surface area contributed by atoms with Crippen LogP contribution in [0.25, 0.3) is 0 Å². The van der Waals surface area contributed by atoms with Crippen molar-refractivity contribution < 1.29 is 14.3 Å². The third-order valence-corrected chi connectivity index (χ3v) is 6.32. The fourth-order valence-electron chi connectivity index (χ4n) is 5.01. The van der Waals surface area contributed by atoms with Gasteiger partial charge in [-0.2, -0.15) is 0 Å². The standard InChI is InChI=1S/C22H31NO3/c1-16(2)20(24)23-18(17-10-6-4-7-11-17)12-15-22(13-8-5-9-14-22)19(23)21(25)26-3/h4,6-7,10-11,16,18-19H,5,8-9,12-15H2,1-3H3/t18-,19+/m1/s1. The maximum absolute atomic E-state index is 13.3. The van der Waals surface area contributed by atoms with Gasteiger partial charge in [0.2, 0.25) is 5.91 Å². The van der Waals surface area contributed by atoms with Crippen molar-refractivity contribution in [2.24, 2.45) is 11.3 Å². The molecule has 0 radical (unpaired) electrons. The van der Waals surface area contributed by atoms with Crippen molar-refractivity contribution >= 4 is 11.9 Å². The maximum atomic E-state index is 13.3. The van der Waals surface area contributed by atoms with Crippen molar-refractivity contribution in [1.82, 2.24) is 4.90 Å². The van der Waals surface area contributed by atoms with Crippen LogP contribution < -0.4 is 0 Å². The van der Waals surface area contributed by atoms with Crippen LogP contribution in [0.5, 0.6) is 0 Å². The van der Waals surface area contributed by atoms with Crippen LogP contribution in [0.4, 0.5) is 0 Å². The minimum atomic E-state index is -0.471. The van der Waals surface area contributed by atoms with Crippen LogP contribution in [0.15, 0.2) is 30.3 Å². The number of amides is 1. The lowest BCUT2D eigenvalue weighted by molar-refractivity contribution is -0.171. The highest BCUT2D eigenvalue weighted by molar-refractivity contribution is 5.87. The molecule has 2 aliphatic rings. The number of esters is 1. The molecule has 3 rings (SSSR count). The molecule has 1 aliphatic carbocycles. The molecule has 1 aromatic rings. The van der Waals surface area contributed by atoms with E-state index in [4.69, 9.17) is 4.74 Å². The van der Waals surface area contributed by atoms with Gasteiger partial charge in [0.15, 0.2) is 0 Å². The molecule has 1 amide bonds. The smallest absolute Gasteiger partial charge is 0.329 e. The van der Waals surface area contributed by atoms with Crippen LogP contribution in [0.2, 0.25) is 0 Å². The molecule has 1 spiro atoms. The molecular formula is C22H31NO3. The summed E-state index contributed by atoms with van der Waals surface area (Å²) >= 11 is 0. The van der Waals surface area contributed by atoms with E-state index in [1.807, 2.05) is 36.9 Å². The number of methoxy groups -OCH3 is 1. The maximum Gasteiger partial charge on any atom is 0.329 e. The summed E-state index contributed by atoms with van der Waals surface area (Å²) < 4.78 is 5.23. The summed E-state index contributed by atoms with van der Waals surface area (Å²) in [5.41, 5.74) is 0.988. The second kappa shape index (κ2) is 7.81. The van der Waals surface area contributed by atoms with Gasteiger partial charge in [0.25, 0.3) is 0 Å². The third kappa shape index (κ3) is 3.38. The van der Waals surface area contributed by atoms with Crippen LogP contribution in [-0.2, 0) is 14.3 Å². The monoisotopic (exact) mass is 357 g/mol. The zero-order chi connectivity index (χ0) is 18.7. The van der Waals surface area contributed by atoms with Gasteiger partial charge < -0.3 is 9.64 Å². The molecule has 4 nitrogen and oxygen atoms in total. The number of benzene rings is 1. The lowest BCUT2D eigenvalue weighted by Gasteiger charge is -2.54. The Morgan fingerprint density at radius 3 is 2.31 bits per heavy atom. The van der Waals surface area contributed by atoms with Crippen molar-refractivity contribution in [2.75, 3.05) is 7.11 Å². The van der Waals surface area contributed by atoms with Gasteiger partial charge in [0, 0.05) is 11.3 Å². The normalized spacial score (nSPS) is 25.3. The highest BCUT2D eigenvalue weighted by atomic mass is 16.5. The van der Waals surface area contributed by atoms with E-state index in [9.17, 15) is 9.59 Å². The Balaban J connectivity index is 2.07. The number of carbonyl (C=O) groups is 2. The number of rotatable bonds is 3. The number of hydrogen-bond acceptors (Lipinski definition) is 3. The van der Waals surface area contributed by atoms with Crippen LogP contribution >= 0.6 is 0 Å². The summed E-state index contributed by atoms with van der Waals surface area (Å²) in [6, 6.07) is 9.61. The van der Waals surface area contributed by atoms with Crippen molar-refractivity contribution in [1.29, 1.82) is 0 Å². The lowest BCUT2D eigenvalue weighted by Crippen LogP contribution is -2.60. The molecule has 2 fully saturated rings. The number of piperidine rings is 1. The Labute approximate surface area is 156 Å². The summed E-state index contributed by atoms with van der Waals surface area (Å²) in [4.78, 5) is 28.1. The first-order valence-electron chi connectivity index (χ1n) is 9.95. The molecule has 4 heteroatoms. The van der Waals surface area contributed by atoms with Gasteiger partial charge in [-0.3, -0.25) is 4.79 Å². The van der Waals surface area contributed by atoms with Crippen LogP contribution in [0.3, 0.4) is 0 Å². The molecule has 26 heavy (non-hydrogen) atoms. The Bertz CT molecular complexity index is 634. The van der Waals surface area contributed by atoms with E-state index >= 15 is 0 Å². The fourth-order valence-corrected chi connectivity index (χ4v) is 5.01.